The number of hydrogen-bond donors (Lipinski definition) is 1. The highest BCUT2D eigenvalue weighted by molar-refractivity contribution is 9.10. The monoisotopic (exact) mass is 314 g/mol. The molecule has 0 radical (unpaired) electrons. The van der Waals surface area contributed by atoms with Crippen molar-refractivity contribution in [1.82, 2.24) is 10.2 Å². The highest BCUT2D eigenvalue weighted by Gasteiger charge is 2.07. The van der Waals surface area contributed by atoms with Crippen molar-refractivity contribution < 1.29 is 4.74 Å². The van der Waals surface area contributed by atoms with Gasteiger partial charge in [-0.1, -0.05) is 6.07 Å². The number of halogens is 1. The van der Waals surface area contributed by atoms with Crippen molar-refractivity contribution in [1.29, 1.82) is 0 Å². The maximum Gasteiger partial charge on any atom is 0.133 e. The first-order valence-corrected chi connectivity index (χ1v) is 7.08. The second kappa shape index (κ2) is 7.77. The molecule has 0 heterocycles. The molecule has 1 N–H and O–H groups in total. The Morgan fingerprint density at radius 3 is 2.67 bits per heavy atom. The van der Waals surface area contributed by atoms with Gasteiger partial charge in [-0.15, -0.1) is 0 Å². The fourth-order valence-electron chi connectivity index (χ4n) is 1.63. The average molecular weight is 315 g/mol. The lowest BCUT2D eigenvalue weighted by Gasteiger charge is -2.14. The molecular weight excluding hydrogens is 292 g/mol. The Bertz CT molecular complexity index is 369. The highest BCUT2D eigenvalue weighted by atomic mass is 79.9. The second-order valence-electron chi connectivity index (χ2n) is 4.71. The first-order valence-electron chi connectivity index (χ1n) is 6.29. The Labute approximate surface area is 119 Å². The van der Waals surface area contributed by atoms with E-state index < -0.39 is 0 Å². The quantitative estimate of drug-likeness (QED) is 0.783. The summed E-state index contributed by atoms with van der Waals surface area (Å²) in [5, 5.41) is 3.23. The second-order valence-corrected chi connectivity index (χ2v) is 5.56. The SMILES string of the molecule is CNC(C)c1ccc(OCCCN(C)C)c(Br)c1. The van der Waals surface area contributed by atoms with Crippen LogP contribution in [0.3, 0.4) is 0 Å². The topological polar surface area (TPSA) is 24.5 Å². The maximum absolute atomic E-state index is 5.76. The average Bonchev–Trinajstić information content (AvgIpc) is 2.34. The molecule has 1 aromatic rings. The van der Waals surface area contributed by atoms with Gasteiger partial charge in [-0.3, -0.25) is 0 Å². The predicted molar refractivity (Wildman–Crippen MR) is 80.3 cm³/mol. The molecule has 102 valence electrons. The minimum absolute atomic E-state index is 0.351. The van der Waals surface area contributed by atoms with E-state index in [1.165, 1.54) is 5.56 Å². The molecule has 0 saturated heterocycles. The first kappa shape index (κ1) is 15.5. The largest absolute Gasteiger partial charge is 0.492 e. The van der Waals surface area contributed by atoms with Crippen molar-refractivity contribution in [2.75, 3.05) is 34.3 Å². The minimum atomic E-state index is 0.351. The van der Waals surface area contributed by atoms with Crippen LogP contribution >= 0.6 is 15.9 Å². The molecule has 1 atom stereocenters. The van der Waals surface area contributed by atoms with E-state index in [4.69, 9.17) is 4.74 Å². The fraction of sp³-hybridized carbons (Fsp3) is 0.571. The van der Waals surface area contributed by atoms with Gasteiger partial charge in [0, 0.05) is 12.6 Å². The summed E-state index contributed by atoms with van der Waals surface area (Å²) in [4.78, 5) is 2.16. The number of ether oxygens (including phenoxy) is 1. The van der Waals surface area contributed by atoms with E-state index in [0.717, 1.165) is 29.8 Å². The van der Waals surface area contributed by atoms with Crippen LogP contribution in [0.15, 0.2) is 22.7 Å². The van der Waals surface area contributed by atoms with Crippen LogP contribution in [0, 0.1) is 0 Å². The molecule has 0 amide bonds. The maximum atomic E-state index is 5.76. The summed E-state index contributed by atoms with van der Waals surface area (Å²) in [6, 6.07) is 6.60. The summed E-state index contributed by atoms with van der Waals surface area (Å²) in [5.74, 6) is 0.917. The molecule has 0 fully saturated rings. The van der Waals surface area contributed by atoms with Gasteiger partial charge in [0.25, 0.3) is 0 Å². The normalized spacial score (nSPS) is 12.8. The van der Waals surface area contributed by atoms with Crippen LogP contribution in [0.25, 0.3) is 0 Å². The van der Waals surface area contributed by atoms with Crippen LogP contribution in [-0.2, 0) is 0 Å². The standard InChI is InChI=1S/C14H23BrN2O/c1-11(16-2)12-6-7-14(13(15)10-12)18-9-5-8-17(3)4/h6-7,10-11,16H,5,8-9H2,1-4H3. The zero-order valence-corrected chi connectivity index (χ0v) is 13.3. The van der Waals surface area contributed by atoms with E-state index in [9.17, 15) is 0 Å². The molecule has 4 heteroatoms. The van der Waals surface area contributed by atoms with E-state index in [1.807, 2.05) is 13.1 Å². The molecule has 0 aromatic heterocycles. The van der Waals surface area contributed by atoms with Crippen molar-refractivity contribution >= 4 is 15.9 Å². The predicted octanol–water partition coefficient (Wildman–Crippen LogP) is 3.06. The third kappa shape index (κ3) is 4.96. The van der Waals surface area contributed by atoms with Gasteiger partial charge >= 0.3 is 0 Å². The van der Waals surface area contributed by atoms with Gasteiger partial charge in [0.2, 0.25) is 0 Å². The molecule has 0 aliphatic carbocycles. The van der Waals surface area contributed by atoms with Crippen LogP contribution in [-0.4, -0.2) is 39.2 Å². The highest BCUT2D eigenvalue weighted by Crippen LogP contribution is 2.28. The van der Waals surface area contributed by atoms with E-state index in [2.05, 4.69) is 59.3 Å². The van der Waals surface area contributed by atoms with E-state index in [1.54, 1.807) is 0 Å². The third-order valence-corrected chi connectivity index (χ3v) is 3.52. The molecule has 0 spiro atoms. The lowest BCUT2D eigenvalue weighted by Crippen LogP contribution is -2.15. The molecule has 0 bridgehead atoms. The summed E-state index contributed by atoms with van der Waals surface area (Å²) in [7, 11) is 6.11. The molecule has 1 rings (SSSR count). The van der Waals surface area contributed by atoms with Crippen molar-refractivity contribution in [3.05, 3.63) is 28.2 Å². The lowest BCUT2D eigenvalue weighted by atomic mass is 10.1. The molecule has 0 saturated carbocycles. The first-order chi connectivity index (χ1) is 8.54. The Hall–Kier alpha value is -0.580. The van der Waals surface area contributed by atoms with Gasteiger partial charge in [0.05, 0.1) is 11.1 Å². The van der Waals surface area contributed by atoms with Crippen LogP contribution in [0.5, 0.6) is 5.75 Å². The number of rotatable bonds is 7. The van der Waals surface area contributed by atoms with Crippen molar-refractivity contribution in [3.63, 3.8) is 0 Å². The Kier molecular flexibility index (Phi) is 6.68. The summed E-state index contributed by atoms with van der Waals surface area (Å²) in [6.45, 7) is 3.93. The van der Waals surface area contributed by atoms with Crippen LogP contribution in [0.4, 0.5) is 0 Å². The van der Waals surface area contributed by atoms with Crippen LogP contribution in [0.1, 0.15) is 24.9 Å². The van der Waals surface area contributed by atoms with Gasteiger partial charge in [0.1, 0.15) is 5.75 Å². The molecule has 3 nitrogen and oxygen atoms in total. The van der Waals surface area contributed by atoms with Gasteiger partial charge in [0.15, 0.2) is 0 Å². The van der Waals surface area contributed by atoms with Gasteiger partial charge in [-0.05, 0) is 68.1 Å². The fourth-order valence-corrected chi connectivity index (χ4v) is 2.14. The summed E-state index contributed by atoms with van der Waals surface area (Å²) < 4.78 is 6.78. The van der Waals surface area contributed by atoms with Crippen molar-refractivity contribution in [2.24, 2.45) is 0 Å². The summed E-state index contributed by atoms with van der Waals surface area (Å²) in [5.41, 5.74) is 1.25. The molecular formula is C14H23BrN2O. The number of benzene rings is 1. The minimum Gasteiger partial charge on any atom is -0.492 e. The smallest absolute Gasteiger partial charge is 0.133 e. The molecule has 18 heavy (non-hydrogen) atoms. The Morgan fingerprint density at radius 1 is 1.39 bits per heavy atom. The molecule has 1 aromatic carbocycles. The molecule has 0 aliphatic heterocycles. The molecule has 1 unspecified atom stereocenters. The van der Waals surface area contributed by atoms with Crippen molar-refractivity contribution in [2.45, 2.75) is 19.4 Å². The Morgan fingerprint density at radius 2 is 2.11 bits per heavy atom. The van der Waals surface area contributed by atoms with E-state index in [0.29, 0.717) is 6.04 Å². The van der Waals surface area contributed by atoms with E-state index >= 15 is 0 Å². The molecule has 0 aliphatic rings. The number of nitrogens with zero attached hydrogens (tertiary/aromatic N) is 1. The zero-order valence-electron chi connectivity index (χ0n) is 11.7. The third-order valence-electron chi connectivity index (χ3n) is 2.90. The Balaban J connectivity index is 2.52. The number of hydrogen-bond acceptors (Lipinski definition) is 3. The van der Waals surface area contributed by atoms with Crippen molar-refractivity contribution in [3.8, 4) is 5.75 Å². The van der Waals surface area contributed by atoms with Gasteiger partial charge < -0.3 is 15.0 Å². The summed E-state index contributed by atoms with van der Waals surface area (Å²) >= 11 is 3.56. The van der Waals surface area contributed by atoms with Gasteiger partial charge in [-0.2, -0.15) is 0 Å². The lowest BCUT2D eigenvalue weighted by molar-refractivity contribution is 0.280. The summed E-state index contributed by atoms with van der Waals surface area (Å²) in [6.07, 6.45) is 1.04. The van der Waals surface area contributed by atoms with Crippen LogP contribution in [0.2, 0.25) is 0 Å². The zero-order chi connectivity index (χ0) is 13.5. The van der Waals surface area contributed by atoms with Gasteiger partial charge in [-0.25, -0.2) is 0 Å². The van der Waals surface area contributed by atoms with E-state index in [-0.39, 0.29) is 0 Å². The number of nitrogens with one attached hydrogen (secondary N) is 1. The van der Waals surface area contributed by atoms with Crippen LogP contribution < -0.4 is 10.1 Å².